The Bertz CT molecular complexity index is 359. The third-order valence-corrected chi connectivity index (χ3v) is 1.97. The van der Waals surface area contributed by atoms with Crippen LogP contribution in [0.3, 0.4) is 0 Å². The van der Waals surface area contributed by atoms with E-state index < -0.39 is 23.2 Å². The predicted molar refractivity (Wildman–Crippen MR) is 46.0 cm³/mol. The SMILES string of the molecule is CC(=O)C(F)(F)C(F)(F)c1ccccc1. The lowest BCUT2D eigenvalue weighted by Gasteiger charge is -2.24. The van der Waals surface area contributed by atoms with E-state index >= 15 is 0 Å². The zero-order valence-corrected chi connectivity index (χ0v) is 7.81. The van der Waals surface area contributed by atoms with Crippen LogP contribution in [0.15, 0.2) is 30.3 Å². The molecule has 0 heterocycles. The highest BCUT2D eigenvalue weighted by atomic mass is 19.3. The van der Waals surface area contributed by atoms with Crippen LogP contribution >= 0.6 is 0 Å². The third-order valence-electron chi connectivity index (χ3n) is 1.97. The summed E-state index contributed by atoms with van der Waals surface area (Å²) in [6.07, 6.45) is 0. The molecular weight excluding hydrogens is 212 g/mol. The lowest BCUT2D eigenvalue weighted by molar-refractivity contribution is -0.211. The Balaban J connectivity index is 3.19. The molecule has 0 saturated heterocycles. The van der Waals surface area contributed by atoms with Crippen LogP contribution in [0.5, 0.6) is 0 Å². The summed E-state index contributed by atoms with van der Waals surface area (Å²) in [5, 5.41) is 0. The van der Waals surface area contributed by atoms with Crippen molar-refractivity contribution >= 4 is 5.78 Å². The monoisotopic (exact) mass is 220 g/mol. The Hall–Kier alpha value is -1.39. The van der Waals surface area contributed by atoms with Crippen LogP contribution in [0.4, 0.5) is 17.6 Å². The Labute approximate surface area is 83.7 Å². The standard InChI is InChI=1S/C10H8F4O/c1-7(15)9(11,12)10(13,14)8-5-3-2-4-6-8/h2-6H,1H3. The van der Waals surface area contributed by atoms with E-state index in [1.165, 1.54) is 18.2 Å². The average molecular weight is 220 g/mol. The predicted octanol–water partition coefficient (Wildman–Crippen LogP) is 3.00. The number of Topliss-reactive ketones (excluding diaryl/α,β-unsaturated/α-hetero) is 1. The molecule has 82 valence electrons. The minimum atomic E-state index is -4.67. The highest BCUT2D eigenvalue weighted by Gasteiger charge is 2.60. The van der Waals surface area contributed by atoms with Crippen LogP contribution in [0.1, 0.15) is 12.5 Å². The largest absolute Gasteiger partial charge is 0.371 e. The van der Waals surface area contributed by atoms with Crippen molar-refractivity contribution in [3.8, 4) is 0 Å². The van der Waals surface area contributed by atoms with Crippen molar-refractivity contribution in [1.29, 1.82) is 0 Å². The third kappa shape index (κ3) is 1.86. The van der Waals surface area contributed by atoms with Gasteiger partial charge in [-0.1, -0.05) is 30.3 Å². The molecule has 0 amide bonds. The van der Waals surface area contributed by atoms with Gasteiger partial charge in [0.25, 0.3) is 0 Å². The Morgan fingerprint density at radius 1 is 1.07 bits per heavy atom. The van der Waals surface area contributed by atoms with Gasteiger partial charge in [0.05, 0.1) is 0 Å². The van der Waals surface area contributed by atoms with Gasteiger partial charge >= 0.3 is 11.8 Å². The topological polar surface area (TPSA) is 17.1 Å². The van der Waals surface area contributed by atoms with Gasteiger partial charge in [0.15, 0.2) is 0 Å². The van der Waals surface area contributed by atoms with E-state index in [0.29, 0.717) is 6.92 Å². The molecule has 0 aliphatic heterocycles. The number of carbonyl (C=O) groups is 1. The molecular formula is C10H8F4O. The summed E-state index contributed by atoms with van der Waals surface area (Å²) in [7, 11) is 0. The van der Waals surface area contributed by atoms with E-state index in [-0.39, 0.29) is 0 Å². The maximum absolute atomic E-state index is 13.2. The molecule has 0 aliphatic rings. The summed E-state index contributed by atoms with van der Waals surface area (Å²) in [5.41, 5.74) is -0.870. The fraction of sp³-hybridized carbons (Fsp3) is 0.300. The van der Waals surface area contributed by atoms with Gasteiger partial charge in [0.2, 0.25) is 5.78 Å². The number of hydrogen-bond acceptors (Lipinski definition) is 1. The fourth-order valence-corrected chi connectivity index (χ4v) is 1.05. The molecule has 0 unspecified atom stereocenters. The number of alkyl halides is 4. The van der Waals surface area contributed by atoms with E-state index in [1.54, 1.807) is 0 Å². The number of carbonyl (C=O) groups excluding carboxylic acids is 1. The molecule has 0 aromatic heterocycles. The number of halogens is 4. The van der Waals surface area contributed by atoms with Gasteiger partial charge < -0.3 is 0 Å². The van der Waals surface area contributed by atoms with Crippen molar-refractivity contribution in [3.05, 3.63) is 35.9 Å². The zero-order chi connectivity index (χ0) is 11.7. The summed E-state index contributed by atoms with van der Waals surface area (Å²) in [4.78, 5) is 10.5. The lowest BCUT2D eigenvalue weighted by Crippen LogP contribution is -2.43. The highest BCUT2D eigenvalue weighted by molar-refractivity contribution is 5.84. The average Bonchev–Trinajstić information content (AvgIpc) is 2.18. The molecule has 1 nitrogen and oxygen atoms in total. The van der Waals surface area contributed by atoms with E-state index in [9.17, 15) is 22.4 Å². The summed E-state index contributed by atoms with van der Waals surface area (Å²) in [5.74, 6) is -11.0. The molecule has 0 fully saturated rings. The number of hydrogen-bond donors (Lipinski definition) is 0. The second-order valence-corrected chi connectivity index (χ2v) is 3.07. The minimum Gasteiger partial charge on any atom is -0.293 e. The van der Waals surface area contributed by atoms with Gasteiger partial charge in [-0.15, -0.1) is 0 Å². The number of ketones is 1. The van der Waals surface area contributed by atoms with Crippen LogP contribution in [0, 0.1) is 0 Å². The molecule has 0 radical (unpaired) electrons. The second kappa shape index (κ2) is 3.64. The normalized spacial score (nSPS) is 12.6. The van der Waals surface area contributed by atoms with E-state index in [4.69, 9.17) is 0 Å². The van der Waals surface area contributed by atoms with Gasteiger partial charge in [0.1, 0.15) is 0 Å². The van der Waals surface area contributed by atoms with E-state index in [0.717, 1.165) is 12.1 Å². The quantitative estimate of drug-likeness (QED) is 0.715. The van der Waals surface area contributed by atoms with Gasteiger partial charge in [-0.05, 0) is 0 Å². The molecule has 1 aromatic rings. The first-order valence-corrected chi connectivity index (χ1v) is 4.12. The van der Waals surface area contributed by atoms with Crippen LogP contribution in [-0.2, 0) is 10.7 Å². The Morgan fingerprint density at radius 2 is 1.53 bits per heavy atom. The molecule has 1 aromatic carbocycles. The summed E-state index contributed by atoms with van der Waals surface area (Å²) < 4.78 is 52.2. The first-order valence-electron chi connectivity index (χ1n) is 4.12. The molecule has 0 aliphatic carbocycles. The second-order valence-electron chi connectivity index (χ2n) is 3.07. The minimum absolute atomic E-state index is 0.441. The number of rotatable bonds is 3. The summed E-state index contributed by atoms with van der Waals surface area (Å²) in [6.45, 7) is 0.441. The smallest absolute Gasteiger partial charge is 0.293 e. The highest BCUT2D eigenvalue weighted by Crippen LogP contribution is 2.43. The van der Waals surface area contributed by atoms with Crippen LogP contribution in [0.2, 0.25) is 0 Å². The summed E-state index contributed by atoms with van der Waals surface area (Å²) in [6, 6.07) is 5.55. The van der Waals surface area contributed by atoms with Crippen molar-refractivity contribution in [2.24, 2.45) is 0 Å². The molecule has 0 atom stereocenters. The Morgan fingerprint density at radius 3 is 1.93 bits per heavy atom. The molecule has 15 heavy (non-hydrogen) atoms. The van der Waals surface area contributed by atoms with Crippen LogP contribution in [-0.4, -0.2) is 11.7 Å². The number of benzene rings is 1. The van der Waals surface area contributed by atoms with Gasteiger partial charge in [-0.25, -0.2) is 0 Å². The van der Waals surface area contributed by atoms with Crippen molar-refractivity contribution in [3.63, 3.8) is 0 Å². The zero-order valence-electron chi connectivity index (χ0n) is 7.81. The fourth-order valence-electron chi connectivity index (χ4n) is 1.05. The van der Waals surface area contributed by atoms with Gasteiger partial charge in [-0.2, -0.15) is 17.6 Å². The van der Waals surface area contributed by atoms with Crippen LogP contribution in [0.25, 0.3) is 0 Å². The molecule has 0 N–H and O–H groups in total. The van der Waals surface area contributed by atoms with Crippen molar-refractivity contribution in [1.82, 2.24) is 0 Å². The first-order chi connectivity index (χ1) is 6.80. The molecule has 5 heteroatoms. The van der Waals surface area contributed by atoms with Crippen LogP contribution < -0.4 is 0 Å². The molecule has 0 saturated carbocycles. The Kier molecular flexibility index (Phi) is 2.83. The van der Waals surface area contributed by atoms with Gasteiger partial charge in [0, 0.05) is 12.5 Å². The van der Waals surface area contributed by atoms with Gasteiger partial charge in [-0.3, -0.25) is 4.79 Å². The molecule has 0 bridgehead atoms. The van der Waals surface area contributed by atoms with Crippen molar-refractivity contribution in [2.75, 3.05) is 0 Å². The maximum Gasteiger partial charge on any atom is 0.371 e. The first kappa shape index (κ1) is 11.7. The summed E-state index contributed by atoms with van der Waals surface area (Å²) >= 11 is 0. The van der Waals surface area contributed by atoms with E-state index in [1.807, 2.05) is 0 Å². The van der Waals surface area contributed by atoms with Crippen molar-refractivity contribution < 1.29 is 22.4 Å². The lowest BCUT2D eigenvalue weighted by atomic mass is 10.00. The van der Waals surface area contributed by atoms with E-state index in [2.05, 4.69) is 0 Å². The van der Waals surface area contributed by atoms with Crippen molar-refractivity contribution in [2.45, 2.75) is 18.8 Å². The molecule has 1 rings (SSSR count). The maximum atomic E-state index is 13.2. The molecule has 0 spiro atoms.